The van der Waals surface area contributed by atoms with Gasteiger partial charge in [-0.25, -0.2) is 0 Å². The number of hydrogen-bond acceptors (Lipinski definition) is 2. The number of benzene rings is 4. The minimum Gasteiger partial charge on any atom is -0.313 e. The minimum absolute atomic E-state index is 0.450. The summed E-state index contributed by atoms with van der Waals surface area (Å²) in [5.41, 5.74) is 2.04. The average Bonchev–Trinajstić information content (AvgIpc) is 2.96. The molecular weight excluding hydrogens is 478 g/mol. The highest BCUT2D eigenvalue weighted by molar-refractivity contribution is 7.78. The first-order valence-electron chi connectivity index (χ1n) is 12.4. The Morgan fingerprint density at radius 1 is 0.500 bits per heavy atom. The normalized spacial score (nSPS) is 15.2. The van der Waals surface area contributed by atoms with Gasteiger partial charge in [-0.1, -0.05) is 133 Å². The molecular formula is C32H30O2P2. The smallest absolute Gasteiger partial charge is 0.147 e. The molecule has 36 heavy (non-hydrogen) atoms. The van der Waals surface area contributed by atoms with Crippen molar-refractivity contribution in [2.75, 3.05) is 0 Å². The molecule has 0 amide bonds. The Morgan fingerprint density at radius 3 is 1.33 bits per heavy atom. The molecule has 4 aromatic carbocycles. The Morgan fingerprint density at radius 2 is 0.917 bits per heavy atom. The lowest BCUT2D eigenvalue weighted by atomic mass is 10.2. The van der Waals surface area contributed by atoms with Gasteiger partial charge in [-0.3, -0.25) is 0 Å². The first kappa shape index (κ1) is 24.5. The van der Waals surface area contributed by atoms with E-state index in [4.69, 9.17) is 0 Å². The largest absolute Gasteiger partial charge is 0.313 e. The SMILES string of the molecule is O=P(Cc1ccc(CP(=O)(c2ccccc2)c2ccccc2)cc1)(C1=CCCC=C1)c1ccccc1. The van der Waals surface area contributed by atoms with Gasteiger partial charge in [0.05, 0.1) is 0 Å². The van der Waals surface area contributed by atoms with Crippen molar-refractivity contribution in [1.82, 2.24) is 0 Å². The Hall–Kier alpha value is -3.18. The quantitative estimate of drug-likeness (QED) is 0.229. The molecule has 180 valence electrons. The molecule has 0 fully saturated rings. The summed E-state index contributed by atoms with van der Waals surface area (Å²) >= 11 is 0. The van der Waals surface area contributed by atoms with E-state index in [-0.39, 0.29) is 0 Å². The lowest BCUT2D eigenvalue weighted by Crippen LogP contribution is -2.17. The molecule has 1 aliphatic rings. The van der Waals surface area contributed by atoms with Crippen LogP contribution in [0, 0.1) is 0 Å². The van der Waals surface area contributed by atoms with Crippen LogP contribution in [0.3, 0.4) is 0 Å². The van der Waals surface area contributed by atoms with E-state index in [0.29, 0.717) is 12.3 Å². The van der Waals surface area contributed by atoms with Crippen molar-refractivity contribution in [3.63, 3.8) is 0 Å². The van der Waals surface area contributed by atoms with Gasteiger partial charge >= 0.3 is 0 Å². The van der Waals surface area contributed by atoms with Crippen LogP contribution in [0.2, 0.25) is 0 Å². The second-order valence-corrected chi connectivity index (χ2v) is 14.9. The van der Waals surface area contributed by atoms with Crippen molar-refractivity contribution in [2.45, 2.75) is 25.2 Å². The molecule has 4 heteroatoms. The summed E-state index contributed by atoms with van der Waals surface area (Å²) in [5.74, 6) is 0. The zero-order chi connectivity index (χ0) is 24.8. The van der Waals surface area contributed by atoms with Gasteiger partial charge in [-0.05, 0) is 24.0 Å². The maximum Gasteiger partial charge on any atom is 0.147 e. The summed E-state index contributed by atoms with van der Waals surface area (Å²) in [5, 5.41) is 3.57. The molecule has 0 saturated carbocycles. The van der Waals surface area contributed by atoms with Crippen LogP contribution in [0.25, 0.3) is 0 Å². The van der Waals surface area contributed by atoms with Gasteiger partial charge in [0.2, 0.25) is 0 Å². The van der Waals surface area contributed by atoms with E-state index in [1.807, 2.05) is 109 Å². The fourth-order valence-electron chi connectivity index (χ4n) is 4.80. The molecule has 0 radical (unpaired) electrons. The standard InChI is InChI=1S/C32H30O2P2/c33-35(29-13-5-1-6-14-29,30-15-7-2-8-16-30)25-27-21-23-28(24-22-27)26-36(34,31-17-9-3-10-18-31)32-19-11-4-12-20-32/h1-3,5-11,13-24H,4,12,25-26H2. The fourth-order valence-corrected chi connectivity index (χ4v) is 10.3. The van der Waals surface area contributed by atoms with Crippen molar-refractivity contribution >= 4 is 30.2 Å². The number of allylic oxidation sites excluding steroid dienone is 4. The van der Waals surface area contributed by atoms with E-state index < -0.39 is 14.3 Å². The molecule has 5 rings (SSSR count). The molecule has 0 aromatic heterocycles. The lowest BCUT2D eigenvalue weighted by molar-refractivity contribution is 0.584. The molecule has 1 atom stereocenters. The van der Waals surface area contributed by atoms with Gasteiger partial charge in [0.25, 0.3) is 0 Å². The zero-order valence-corrected chi connectivity index (χ0v) is 22.0. The highest BCUT2D eigenvalue weighted by atomic mass is 31.2. The molecule has 0 heterocycles. The van der Waals surface area contributed by atoms with Crippen molar-refractivity contribution in [1.29, 1.82) is 0 Å². The van der Waals surface area contributed by atoms with E-state index in [2.05, 4.69) is 24.3 Å². The summed E-state index contributed by atoms with van der Waals surface area (Å²) in [6.07, 6.45) is 9.15. The Labute approximate surface area is 214 Å². The Bertz CT molecular complexity index is 1410. The van der Waals surface area contributed by atoms with Gasteiger partial charge in [0.1, 0.15) is 14.3 Å². The molecule has 4 aromatic rings. The highest BCUT2D eigenvalue weighted by Crippen LogP contribution is 2.57. The molecule has 0 aliphatic heterocycles. The summed E-state index contributed by atoms with van der Waals surface area (Å²) in [6.45, 7) is 0. The topological polar surface area (TPSA) is 34.1 Å². The maximum absolute atomic E-state index is 14.5. The maximum atomic E-state index is 14.5. The molecule has 2 nitrogen and oxygen atoms in total. The third kappa shape index (κ3) is 5.17. The van der Waals surface area contributed by atoms with Gasteiger partial charge in [-0.2, -0.15) is 0 Å². The van der Waals surface area contributed by atoms with Crippen LogP contribution < -0.4 is 15.9 Å². The van der Waals surface area contributed by atoms with Gasteiger partial charge in [0, 0.05) is 33.6 Å². The monoisotopic (exact) mass is 508 g/mol. The van der Waals surface area contributed by atoms with Crippen LogP contribution in [0.1, 0.15) is 24.0 Å². The van der Waals surface area contributed by atoms with Crippen molar-refractivity contribution in [3.8, 4) is 0 Å². The van der Waals surface area contributed by atoms with Crippen molar-refractivity contribution < 1.29 is 9.13 Å². The van der Waals surface area contributed by atoms with E-state index in [0.717, 1.165) is 45.2 Å². The zero-order valence-electron chi connectivity index (χ0n) is 20.2. The predicted octanol–water partition coefficient (Wildman–Crippen LogP) is 7.62. The average molecular weight is 509 g/mol. The third-order valence-corrected chi connectivity index (χ3v) is 12.9. The second kappa shape index (κ2) is 10.8. The first-order valence-corrected chi connectivity index (χ1v) is 16.2. The van der Waals surface area contributed by atoms with Crippen LogP contribution in [0.15, 0.2) is 139 Å². The molecule has 0 bridgehead atoms. The van der Waals surface area contributed by atoms with Gasteiger partial charge in [-0.15, -0.1) is 0 Å². The molecule has 0 spiro atoms. The van der Waals surface area contributed by atoms with E-state index >= 15 is 0 Å². The lowest BCUT2D eigenvalue weighted by Gasteiger charge is -2.23. The van der Waals surface area contributed by atoms with Crippen LogP contribution >= 0.6 is 14.3 Å². The number of rotatable bonds is 8. The second-order valence-electron chi connectivity index (χ2n) is 9.23. The highest BCUT2D eigenvalue weighted by Gasteiger charge is 2.30. The molecule has 1 unspecified atom stereocenters. The Balaban J connectivity index is 1.45. The van der Waals surface area contributed by atoms with Crippen molar-refractivity contribution in [3.05, 3.63) is 150 Å². The summed E-state index contributed by atoms with van der Waals surface area (Å²) in [7, 11) is -5.65. The van der Waals surface area contributed by atoms with E-state index in [1.165, 1.54) is 0 Å². The predicted molar refractivity (Wildman–Crippen MR) is 154 cm³/mol. The van der Waals surface area contributed by atoms with E-state index in [9.17, 15) is 9.13 Å². The third-order valence-electron chi connectivity index (χ3n) is 6.75. The van der Waals surface area contributed by atoms with E-state index in [1.54, 1.807) is 0 Å². The van der Waals surface area contributed by atoms with Crippen LogP contribution in [-0.2, 0) is 21.5 Å². The van der Waals surface area contributed by atoms with Gasteiger partial charge in [0.15, 0.2) is 0 Å². The molecule has 1 aliphatic carbocycles. The van der Waals surface area contributed by atoms with Crippen molar-refractivity contribution in [2.24, 2.45) is 0 Å². The molecule has 0 N–H and O–H groups in total. The van der Waals surface area contributed by atoms with Crippen LogP contribution in [0.4, 0.5) is 0 Å². The first-order chi connectivity index (χ1) is 17.6. The summed E-state index contributed by atoms with van der Waals surface area (Å²) < 4.78 is 28.9. The van der Waals surface area contributed by atoms with Gasteiger partial charge < -0.3 is 9.13 Å². The van der Waals surface area contributed by atoms with Crippen LogP contribution in [-0.4, -0.2) is 0 Å². The minimum atomic E-state index is -2.84. The summed E-state index contributed by atoms with van der Waals surface area (Å²) in [4.78, 5) is 0. The van der Waals surface area contributed by atoms with Crippen LogP contribution in [0.5, 0.6) is 0 Å². The number of hydrogen-bond donors (Lipinski definition) is 0. The fraction of sp³-hybridized carbons (Fsp3) is 0.125. The molecule has 0 saturated heterocycles. The summed E-state index contributed by atoms with van der Waals surface area (Å²) in [6, 6.07) is 37.6. The Kier molecular flexibility index (Phi) is 7.38.